The molecule has 20 heavy (non-hydrogen) atoms. The minimum atomic E-state index is 0.812. The number of aryl methyl sites for hydroxylation is 1. The van der Waals surface area contributed by atoms with E-state index < -0.39 is 0 Å². The normalized spacial score (nSPS) is 15.9. The van der Waals surface area contributed by atoms with Crippen molar-refractivity contribution in [3.8, 4) is 11.3 Å². The van der Waals surface area contributed by atoms with Crippen LogP contribution in [0.3, 0.4) is 0 Å². The van der Waals surface area contributed by atoms with E-state index in [-0.39, 0.29) is 0 Å². The van der Waals surface area contributed by atoms with Gasteiger partial charge < -0.3 is 10.2 Å². The van der Waals surface area contributed by atoms with Gasteiger partial charge in [-0.25, -0.2) is 9.97 Å². The molecule has 3 heterocycles. The molecular formula is C15H19N5. The molecule has 0 spiro atoms. The van der Waals surface area contributed by atoms with E-state index in [0.717, 1.165) is 55.5 Å². The lowest BCUT2D eigenvalue weighted by Crippen LogP contribution is -2.28. The molecule has 1 saturated heterocycles. The first kappa shape index (κ1) is 13.0. The summed E-state index contributed by atoms with van der Waals surface area (Å²) in [6.45, 7) is 6.07. The summed E-state index contributed by atoms with van der Waals surface area (Å²) in [4.78, 5) is 15.5. The van der Waals surface area contributed by atoms with Gasteiger partial charge in [0.25, 0.3) is 0 Å². The third-order valence-corrected chi connectivity index (χ3v) is 3.46. The van der Waals surface area contributed by atoms with Crippen LogP contribution in [0, 0.1) is 6.92 Å². The second kappa shape index (κ2) is 5.96. The zero-order valence-electron chi connectivity index (χ0n) is 11.7. The Labute approximate surface area is 119 Å². The van der Waals surface area contributed by atoms with Crippen LogP contribution in [-0.2, 0) is 0 Å². The first-order valence-electron chi connectivity index (χ1n) is 7.05. The highest BCUT2D eigenvalue weighted by Gasteiger charge is 2.13. The summed E-state index contributed by atoms with van der Waals surface area (Å²) in [5.41, 5.74) is 2.05. The minimum absolute atomic E-state index is 0.812. The van der Waals surface area contributed by atoms with Crippen molar-refractivity contribution in [3.63, 3.8) is 0 Å². The van der Waals surface area contributed by atoms with E-state index in [0.29, 0.717) is 0 Å². The Kier molecular flexibility index (Phi) is 3.87. The van der Waals surface area contributed by atoms with Crippen LogP contribution in [0.4, 0.5) is 5.82 Å². The number of anilines is 1. The van der Waals surface area contributed by atoms with Crippen LogP contribution in [0.5, 0.6) is 0 Å². The van der Waals surface area contributed by atoms with Crippen molar-refractivity contribution in [3.05, 3.63) is 36.4 Å². The Morgan fingerprint density at radius 3 is 2.80 bits per heavy atom. The second-order valence-electron chi connectivity index (χ2n) is 4.99. The average molecular weight is 269 g/mol. The highest BCUT2D eigenvalue weighted by molar-refractivity contribution is 5.62. The van der Waals surface area contributed by atoms with E-state index in [1.807, 2.05) is 19.1 Å². The summed E-state index contributed by atoms with van der Waals surface area (Å²) in [6.07, 6.45) is 4.73. The van der Waals surface area contributed by atoms with Crippen molar-refractivity contribution in [1.82, 2.24) is 20.3 Å². The topological polar surface area (TPSA) is 53.9 Å². The maximum Gasteiger partial charge on any atom is 0.132 e. The van der Waals surface area contributed by atoms with Crippen molar-refractivity contribution in [2.24, 2.45) is 0 Å². The maximum atomic E-state index is 4.60. The lowest BCUT2D eigenvalue weighted by atomic mass is 10.2. The van der Waals surface area contributed by atoms with Gasteiger partial charge in [-0.2, -0.15) is 0 Å². The highest BCUT2D eigenvalue weighted by Crippen LogP contribution is 2.21. The van der Waals surface area contributed by atoms with Crippen LogP contribution in [0.25, 0.3) is 11.3 Å². The third kappa shape index (κ3) is 2.93. The fourth-order valence-electron chi connectivity index (χ4n) is 2.46. The smallest absolute Gasteiger partial charge is 0.132 e. The zero-order chi connectivity index (χ0) is 13.8. The molecular weight excluding hydrogens is 250 g/mol. The third-order valence-electron chi connectivity index (χ3n) is 3.46. The van der Waals surface area contributed by atoms with E-state index in [9.17, 15) is 0 Å². The number of nitrogens with zero attached hydrogens (tertiary/aromatic N) is 4. The first-order valence-corrected chi connectivity index (χ1v) is 7.05. The molecule has 0 amide bonds. The SMILES string of the molecule is Cc1nc(-c2ccncc2)cc(N2CCCNCC2)n1. The van der Waals surface area contributed by atoms with Crippen molar-refractivity contribution in [2.75, 3.05) is 31.1 Å². The maximum absolute atomic E-state index is 4.60. The van der Waals surface area contributed by atoms with Gasteiger partial charge >= 0.3 is 0 Å². The van der Waals surface area contributed by atoms with Crippen LogP contribution in [0.2, 0.25) is 0 Å². The minimum Gasteiger partial charge on any atom is -0.355 e. The molecule has 0 radical (unpaired) electrons. The average Bonchev–Trinajstić information content (AvgIpc) is 2.77. The largest absolute Gasteiger partial charge is 0.355 e. The molecule has 0 atom stereocenters. The summed E-state index contributed by atoms with van der Waals surface area (Å²) in [6, 6.07) is 6.04. The van der Waals surface area contributed by atoms with E-state index in [1.54, 1.807) is 12.4 Å². The van der Waals surface area contributed by atoms with Crippen molar-refractivity contribution >= 4 is 5.82 Å². The summed E-state index contributed by atoms with van der Waals surface area (Å²) in [5, 5.41) is 3.41. The van der Waals surface area contributed by atoms with Crippen molar-refractivity contribution in [2.45, 2.75) is 13.3 Å². The summed E-state index contributed by atoms with van der Waals surface area (Å²) >= 11 is 0. The molecule has 1 fully saturated rings. The zero-order valence-corrected chi connectivity index (χ0v) is 11.7. The monoisotopic (exact) mass is 269 g/mol. The van der Waals surface area contributed by atoms with E-state index in [4.69, 9.17) is 0 Å². The van der Waals surface area contributed by atoms with Crippen molar-refractivity contribution in [1.29, 1.82) is 0 Å². The molecule has 5 nitrogen and oxygen atoms in total. The van der Waals surface area contributed by atoms with Gasteiger partial charge in [-0.05, 0) is 32.0 Å². The Morgan fingerprint density at radius 2 is 1.95 bits per heavy atom. The molecule has 0 aromatic carbocycles. The molecule has 1 aliphatic rings. The van der Waals surface area contributed by atoms with Crippen LogP contribution in [0.1, 0.15) is 12.2 Å². The van der Waals surface area contributed by atoms with Gasteiger partial charge in [-0.15, -0.1) is 0 Å². The Balaban J connectivity index is 1.94. The molecule has 1 N–H and O–H groups in total. The molecule has 0 bridgehead atoms. The summed E-state index contributed by atoms with van der Waals surface area (Å²) < 4.78 is 0. The fourth-order valence-corrected chi connectivity index (χ4v) is 2.46. The number of pyridine rings is 1. The Hall–Kier alpha value is -2.01. The van der Waals surface area contributed by atoms with Gasteiger partial charge in [0.05, 0.1) is 5.69 Å². The van der Waals surface area contributed by atoms with Gasteiger partial charge in [-0.3, -0.25) is 4.98 Å². The first-order chi connectivity index (χ1) is 9.83. The molecule has 104 valence electrons. The Bertz CT molecular complexity index is 562. The second-order valence-corrected chi connectivity index (χ2v) is 4.99. The quantitative estimate of drug-likeness (QED) is 0.898. The van der Waals surface area contributed by atoms with Gasteiger partial charge in [0, 0.05) is 43.7 Å². The lowest BCUT2D eigenvalue weighted by molar-refractivity contribution is 0.724. The molecule has 1 aliphatic heterocycles. The number of rotatable bonds is 2. The van der Waals surface area contributed by atoms with Gasteiger partial charge in [0.15, 0.2) is 0 Å². The fraction of sp³-hybridized carbons (Fsp3) is 0.400. The molecule has 5 heteroatoms. The van der Waals surface area contributed by atoms with Gasteiger partial charge in [0.1, 0.15) is 11.6 Å². The number of aromatic nitrogens is 3. The van der Waals surface area contributed by atoms with Crippen LogP contribution in [0.15, 0.2) is 30.6 Å². The summed E-state index contributed by atoms with van der Waals surface area (Å²) in [7, 11) is 0. The van der Waals surface area contributed by atoms with E-state index in [2.05, 4.69) is 31.2 Å². The summed E-state index contributed by atoms with van der Waals surface area (Å²) in [5.74, 6) is 1.83. The standard InChI is InChI=1S/C15H19N5/c1-12-18-14(13-3-6-17-7-4-13)11-15(19-12)20-9-2-5-16-8-10-20/h3-4,6-7,11,16H,2,5,8-10H2,1H3. The predicted molar refractivity (Wildman–Crippen MR) is 79.7 cm³/mol. The molecule has 3 rings (SSSR count). The number of hydrogen-bond acceptors (Lipinski definition) is 5. The van der Waals surface area contributed by atoms with Crippen LogP contribution in [-0.4, -0.2) is 41.1 Å². The van der Waals surface area contributed by atoms with E-state index in [1.165, 1.54) is 0 Å². The molecule has 0 unspecified atom stereocenters. The lowest BCUT2D eigenvalue weighted by Gasteiger charge is -2.21. The molecule has 2 aromatic heterocycles. The number of hydrogen-bond donors (Lipinski definition) is 1. The Morgan fingerprint density at radius 1 is 1.10 bits per heavy atom. The van der Waals surface area contributed by atoms with Gasteiger partial charge in [-0.1, -0.05) is 0 Å². The number of nitrogens with one attached hydrogen (secondary N) is 1. The molecule has 2 aromatic rings. The van der Waals surface area contributed by atoms with Crippen molar-refractivity contribution < 1.29 is 0 Å². The molecule has 0 saturated carbocycles. The highest BCUT2D eigenvalue weighted by atomic mass is 15.2. The van der Waals surface area contributed by atoms with Gasteiger partial charge in [0.2, 0.25) is 0 Å². The van der Waals surface area contributed by atoms with Crippen LogP contribution >= 0.6 is 0 Å². The predicted octanol–water partition coefficient (Wildman–Crippen LogP) is 1.65. The molecule has 0 aliphatic carbocycles. The van der Waals surface area contributed by atoms with E-state index >= 15 is 0 Å². The van der Waals surface area contributed by atoms with Crippen LogP contribution < -0.4 is 10.2 Å².